The predicted octanol–water partition coefficient (Wildman–Crippen LogP) is 4.32. The molecule has 0 amide bonds. The van der Waals surface area contributed by atoms with Crippen molar-refractivity contribution in [2.24, 2.45) is 0 Å². The molecule has 0 bridgehead atoms. The lowest BCUT2D eigenvalue weighted by Gasteiger charge is -2.28. The molecule has 7 heteroatoms. The molecule has 0 unspecified atom stereocenters. The fourth-order valence-electron chi connectivity index (χ4n) is 4.52. The maximum Gasteiger partial charge on any atom is 0.145 e. The van der Waals surface area contributed by atoms with E-state index in [-0.39, 0.29) is 18.1 Å². The van der Waals surface area contributed by atoms with E-state index >= 15 is 0 Å². The number of rotatable bonds is 5. The molecule has 1 aromatic heterocycles. The van der Waals surface area contributed by atoms with Crippen molar-refractivity contribution in [3.8, 4) is 5.75 Å². The number of para-hydroxylation sites is 1. The monoisotopic (exact) mass is 417 g/mol. The van der Waals surface area contributed by atoms with Gasteiger partial charge in [-0.3, -0.25) is 5.41 Å². The third-order valence-corrected chi connectivity index (χ3v) is 6.16. The van der Waals surface area contributed by atoms with Gasteiger partial charge in [-0.2, -0.15) is 0 Å². The lowest BCUT2D eigenvalue weighted by atomic mass is 10.1. The Labute approximate surface area is 181 Å². The Morgan fingerprint density at radius 1 is 1.13 bits per heavy atom. The van der Waals surface area contributed by atoms with E-state index in [2.05, 4.69) is 27.0 Å². The maximum absolute atomic E-state index is 10.7. The second-order valence-corrected chi connectivity index (χ2v) is 8.17. The van der Waals surface area contributed by atoms with E-state index in [1.54, 1.807) is 7.11 Å². The highest BCUT2D eigenvalue weighted by molar-refractivity contribution is 6.23. The van der Waals surface area contributed by atoms with Crippen LogP contribution in [0.1, 0.15) is 30.7 Å². The molecule has 160 valence electrons. The fourth-order valence-corrected chi connectivity index (χ4v) is 4.52. The fraction of sp³-hybridized carbons (Fsp3) is 0.333. The number of piperidine rings is 1. The van der Waals surface area contributed by atoms with Gasteiger partial charge in [-0.05, 0) is 43.5 Å². The number of nitrogens with zero attached hydrogens (tertiary/aromatic N) is 3. The van der Waals surface area contributed by atoms with Crippen molar-refractivity contribution in [2.45, 2.75) is 25.8 Å². The van der Waals surface area contributed by atoms with Crippen molar-refractivity contribution in [3.63, 3.8) is 0 Å². The summed E-state index contributed by atoms with van der Waals surface area (Å²) in [5.74, 6) is 1.74. The number of H-pyrrole nitrogens is 1. The zero-order chi connectivity index (χ0) is 21.4. The second kappa shape index (κ2) is 7.98. The summed E-state index contributed by atoms with van der Waals surface area (Å²) in [5.41, 5.74) is 4.39. The van der Waals surface area contributed by atoms with Crippen molar-refractivity contribution in [2.75, 3.05) is 31.6 Å². The molecule has 0 aliphatic carbocycles. The number of hydrogen-bond acceptors (Lipinski definition) is 5. The number of nitrogens with one attached hydrogen (secondary N) is 2. The zero-order valence-corrected chi connectivity index (χ0v) is 17.7. The Kier molecular flexibility index (Phi) is 5.02. The van der Waals surface area contributed by atoms with E-state index in [0.717, 1.165) is 35.4 Å². The Bertz CT molecular complexity index is 1160. The smallest absolute Gasteiger partial charge is 0.145 e. The van der Waals surface area contributed by atoms with Crippen molar-refractivity contribution < 1.29 is 9.84 Å². The molecule has 0 radical (unpaired) electrons. The first-order valence-electron chi connectivity index (χ1n) is 10.8. The summed E-state index contributed by atoms with van der Waals surface area (Å²) in [7, 11) is 1.64. The molecule has 0 atom stereocenters. The lowest BCUT2D eigenvalue weighted by molar-refractivity contribution is 0.341. The van der Waals surface area contributed by atoms with E-state index in [1.165, 1.54) is 24.9 Å². The maximum atomic E-state index is 10.7. The van der Waals surface area contributed by atoms with E-state index in [4.69, 9.17) is 10.1 Å². The number of aromatic nitrogens is 2. The standard InChI is InChI=1S/C24H27N5O2/c1-31-21-8-4-3-7-16(21)14-29-15-20(30)22(23(29)25)24-26-18-10-9-17(13-19(18)27-24)28-11-5-2-6-12-28/h3-4,7-10,13,25,30H,2,5-6,11-12,14-15H2,1H3,(H,26,27). The minimum atomic E-state index is 0.162. The first-order chi connectivity index (χ1) is 15.1. The van der Waals surface area contributed by atoms with Gasteiger partial charge in [0.15, 0.2) is 0 Å². The lowest BCUT2D eigenvalue weighted by Crippen LogP contribution is -2.29. The van der Waals surface area contributed by atoms with Crippen LogP contribution in [-0.4, -0.2) is 52.6 Å². The van der Waals surface area contributed by atoms with Crippen LogP contribution in [0.25, 0.3) is 16.6 Å². The molecule has 3 N–H and O–H groups in total. The molecule has 2 aliphatic heterocycles. The summed E-state index contributed by atoms with van der Waals surface area (Å²) >= 11 is 0. The van der Waals surface area contributed by atoms with Gasteiger partial charge in [0.05, 0.1) is 30.3 Å². The van der Waals surface area contributed by atoms with Gasteiger partial charge in [0.2, 0.25) is 0 Å². The van der Waals surface area contributed by atoms with Crippen LogP contribution in [0.15, 0.2) is 48.2 Å². The van der Waals surface area contributed by atoms with Crippen LogP contribution in [-0.2, 0) is 6.54 Å². The molecule has 1 fully saturated rings. The number of amidine groups is 1. The Hall–Kier alpha value is -3.48. The minimum absolute atomic E-state index is 0.162. The molecule has 3 heterocycles. The van der Waals surface area contributed by atoms with Gasteiger partial charge in [0.1, 0.15) is 23.2 Å². The Morgan fingerprint density at radius 3 is 2.74 bits per heavy atom. The number of anilines is 1. The molecule has 31 heavy (non-hydrogen) atoms. The molecule has 0 saturated carbocycles. The van der Waals surface area contributed by atoms with Gasteiger partial charge >= 0.3 is 0 Å². The third kappa shape index (κ3) is 3.60. The largest absolute Gasteiger partial charge is 0.510 e. The molecule has 2 aromatic carbocycles. The number of methoxy groups -OCH3 is 1. The van der Waals surface area contributed by atoms with Crippen LogP contribution < -0.4 is 9.64 Å². The van der Waals surface area contributed by atoms with Crippen molar-refractivity contribution in [3.05, 3.63) is 59.6 Å². The first kappa shape index (κ1) is 19.5. The molecule has 0 spiro atoms. The van der Waals surface area contributed by atoms with Gasteiger partial charge in [-0.1, -0.05) is 18.2 Å². The van der Waals surface area contributed by atoms with Gasteiger partial charge < -0.3 is 24.6 Å². The molecule has 2 aliphatic rings. The van der Waals surface area contributed by atoms with Crippen LogP contribution in [0.5, 0.6) is 5.75 Å². The average molecular weight is 418 g/mol. The Morgan fingerprint density at radius 2 is 1.94 bits per heavy atom. The summed E-state index contributed by atoms with van der Waals surface area (Å²) in [6.07, 6.45) is 3.76. The van der Waals surface area contributed by atoms with Crippen LogP contribution in [0, 0.1) is 5.41 Å². The number of hydrogen-bond donors (Lipinski definition) is 3. The molecular weight excluding hydrogens is 390 g/mol. The molecular formula is C24H27N5O2. The highest BCUT2D eigenvalue weighted by Gasteiger charge is 2.31. The summed E-state index contributed by atoms with van der Waals surface area (Å²) in [5, 5.41) is 19.4. The van der Waals surface area contributed by atoms with E-state index in [1.807, 2.05) is 35.2 Å². The van der Waals surface area contributed by atoms with E-state index in [0.29, 0.717) is 17.9 Å². The molecule has 1 saturated heterocycles. The number of aliphatic hydroxyl groups excluding tert-OH is 1. The van der Waals surface area contributed by atoms with Gasteiger partial charge in [0.25, 0.3) is 0 Å². The van der Waals surface area contributed by atoms with Gasteiger partial charge in [-0.25, -0.2) is 4.98 Å². The summed E-state index contributed by atoms with van der Waals surface area (Å²) in [4.78, 5) is 12.2. The number of ether oxygens (including phenoxy) is 1. The quantitative estimate of drug-likeness (QED) is 0.575. The zero-order valence-electron chi connectivity index (χ0n) is 17.7. The van der Waals surface area contributed by atoms with E-state index < -0.39 is 0 Å². The highest BCUT2D eigenvalue weighted by Crippen LogP contribution is 2.31. The Balaban J connectivity index is 1.40. The summed E-state index contributed by atoms with van der Waals surface area (Å²) in [6, 6.07) is 14.0. The van der Waals surface area contributed by atoms with Crippen LogP contribution in [0.4, 0.5) is 5.69 Å². The number of aliphatic hydroxyl groups is 1. The van der Waals surface area contributed by atoms with Crippen molar-refractivity contribution in [1.82, 2.24) is 14.9 Å². The molecule has 7 nitrogen and oxygen atoms in total. The van der Waals surface area contributed by atoms with Crippen LogP contribution >= 0.6 is 0 Å². The molecule has 5 rings (SSSR count). The SMILES string of the molecule is COc1ccccc1CN1CC(O)=C(c2nc3ccc(N4CCCCC4)cc3[nH]2)C1=N. The molecule has 3 aromatic rings. The number of imidazole rings is 1. The van der Waals surface area contributed by atoms with Gasteiger partial charge in [-0.15, -0.1) is 0 Å². The van der Waals surface area contributed by atoms with Crippen LogP contribution in [0.2, 0.25) is 0 Å². The van der Waals surface area contributed by atoms with Crippen molar-refractivity contribution in [1.29, 1.82) is 5.41 Å². The highest BCUT2D eigenvalue weighted by atomic mass is 16.5. The minimum Gasteiger partial charge on any atom is -0.510 e. The predicted molar refractivity (Wildman–Crippen MR) is 123 cm³/mol. The second-order valence-electron chi connectivity index (χ2n) is 8.17. The van der Waals surface area contributed by atoms with Crippen molar-refractivity contribution >= 4 is 28.1 Å². The average Bonchev–Trinajstić information content (AvgIpc) is 3.33. The number of fused-ring (bicyclic) bond motifs is 1. The summed E-state index contributed by atoms with van der Waals surface area (Å²) in [6.45, 7) is 2.93. The third-order valence-electron chi connectivity index (χ3n) is 6.16. The number of aromatic amines is 1. The summed E-state index contributed by atoms with van der Waals surface area (Å²) < 4.78 is 5.43. The number of benzene rings is 2. The van der Waals surface area contributed by atoms with Gasteiger partial charge in [0, 0.05) is 30.9 Å². The topological polar surface area (TPSA) is 88.5 Å². The van der Waals surface area contributed by atoms with Crippen LogP contribution in [0.3, 0.4) is 0 Å². The first-order valence-corrected chi connectivity index (χ1v) is 10.8. The normalized spacial score (nSPS) is 17.1. The van der Waals surface area contributed by atoms with E-state index in [9.17, 15) is 5.11 Å².